The van der Waals surface area contributed by atoms with Gasteiger partial charge in [-0.1, -0.05) is 6.07 Å². The van der Waals surface area contributed by atoms with Crippen molar-refractivity contribution in [2.45, 2.75) is 25.3 Å². The number of hydrogen-bond donors (Lipinski definition) is 3. The Morgan fingerprint density at radius 3 is 3.06 bits per heavy atom. The molecular weight excluding hydrogens is 233 g/mol. The third-order valence-corrected chi connectivity index (χ3v) is 2.99. The summed E-state index contributed by atoms with van der Waals surface area (Å²) in [6, 6.07) is 5.80. The Morgan fingerprint density at radius 2 is 2.22 bits per heavy atom. The van der Waals surface area contributed by atoms with Crippen molar-refractivity contribution in [2.24, 2.45) is 0 Å². The largest absolute Gasteiger partial charge is 0.335 e. The Labute approximate surface area is 106 Å². The van der Waals surface area contributed by atoms with Gasteiger partial charge in [-0.25, -0.2) is 9.18 Å². The molecule has 1 saturated heterocycles. The molecule has 0 aromatic heterocycles. The van der Waals surface area contributed by atoms with Crippen LogP contribution in [0.5, 0.6) is 0 Å². The molecule has 1 aliphatic heterocycles. The Morgan fingerprint density at radius 1 is 1.33 bits per heavy atom. The fourth-order valence-electron chi connectivity index (χ4n) is 2.08. The summed E-state index contributed by atoms with van der Waals surface area (Å²) < 4.78 is 12.9. The fraction of sp³-hybridized carbons (Fsp3) is 0.462. The molecule has 1 aromatic carbocycles. The Balaban J connectivity index is 1.84. The van der Waals surface area contributed by atoms with Crippen molar-refractivity contribution in [1.82, 2.24) is 10.6 Å². The van der Waals surface area contributed by atoms with Crippen LogP contribution >= 0.6 is 0 Å². The van der Waals surface area contributed by atoms with Crippen LogP contribution in [-0.2, 0) is 0 Å². The highest BCUT2D eigenvalue weighted by molar-refractivity contribution is 5.89. The first-order chi connectivity index (χ1) is 8.74. The van der Waals surface area contributed by atoms with Gasteiger partial charge in [0.05, 0.1) is 0 Å². The maximum absolute atomic E-state index is 12.9. The van der Waals surface area contributed by atoms with Gasteiger partial charge in [-0.15, -0.1) is 0 Å². The number of benzene rings is 1. The van der Waals surface area contributed by atoms with Crippen LogP contribution in [0.25, 0.3) is 0 Å². The summed E-state index contributed by atoms with van der Waals surface area (Å²) in [5, 5.41) is 8.84. The summed E-state index contributed by atoms with van der Waals surface area (Å²) >= 11 is 0. The van der Waals surface area contributed by atoms with Crippen LogP contribution in [0, 0.1) is 5.82 Å². The van der Waals surface area contributed by atoms with Crippen LogP contribution in [0.4, 0.5) is 14.9 Å². The van der Waals surface area contributed by atoms with Gasteiger partial charge in [0, 0.05) is 11.7 Å². The molecular formula is C13H18FN3O. The standard InChI is InChI=1S/C13H18FN3O/c14-10-3-1-4-12(9-10)17-13(18)16-11-5-2-7-15-8-6-11/h1,3-4,9,11,15H,2,5-8H2,(H2,16,17,18). The van der Waals surface area contributed by atoms with Crippen LogP contribution in [-0.4, -0.2) is 25.2 Å². The lowest BCUT2D eigenvalue weighted by Gasteiger charge is -2.16. The second kappa shape index (κ2) is 6.35. The predicted octanol–water partition coefficient (Wildman–Crippen LogP) is 2.09. The number of halogens is 1. The maximum atomic E-state index is 12.9. The smallest absolute Gasteiger partial charge is 0.319 e. The van der Waals surface area contributed by atoms with Gasteiger partial charge in [0.1, 0.15) is 5.82 Å². The Kier molecular flexibility index (Phi) is 4.52. The van der Waals surface area contributed by atoms with Crippen LogP contribution in [0.15, 0.2) is 24.3 Å². The lowest BCUT2D eigenvalue weighted by molar-refractivity contribution is 0.247. The topological polar surface area (TPSA) is 53.2 Å². The third-order valence-electron chi connectivity index (χ3n) is 2.99. The molecule has 3 N–H and O–H groups in total. The Hall–Kier alpha value is -1.62. The van der Waals surface area contributed by atoms with E-state index in [0.717, 1.165) is 32.4 Å². The normalized spacial score (nSPS) is 19.9. The molecule has 1 unspecified atom stereocenters. The minimum Gasteiger partial charge on any atom is -0.335 e. The molecule has 0 saturated carbocycles. The van der Waals surface area contributed by atoms with E-state index in [2.05, 4.69) is 16.0 Å². The van der Waals surface area contributed by atoms with Gasteiger partial charge >= 0.3 is 6.03 Å². The maximum Gasteiger partial charge on any atom is 0.319 e. The number of anilines is 1. The highest BCUT2D eigenvalue weighted by Crippen LogP contribution is 2.10. The number of amides is 2. The first-order valence-corrected chi connectivity index (χ1v) is 6.28. The molecule has 1 fully saturated rings. The minimum atomic E-state index is -0.355. The third kappa shape index (κ3) is 4.00. The summed E-state index contributed by atoms with van der Waals surface area (Å²) in [7, 11) is 0. The molecule has 1 aromatic rings. The van der Waals surface area contributed by atoms with Crippen molar-refractivity contribution in [3.8, 4) is 0 Å². The van der Waals surface area contributed by atoms with E-state index in [4.69, 9.17) is 0 Å². The molecule has 18 heavy (non-hydrogen) atoms. The molecule has 1 heterocycles. The zero-order valence-electron chi connectivity index (χ0n) is 10.2. The fourth-order valence-corrected chi connectivity index (χ4v) is 2.08. The summed E-state index contributed by atoms with van der Waals surface area (Å²) in [4.78, 5) is 11.7. The average Bonchev–Trinajstić information content (AvgIpc) is 2.57. The molecule has 98 valence electrons. The van der Waals surface area contributed by atoms with E-state index in [1.165, 1.54) is 12.1 Å². The van der Waals surface area contributed by atoms with E-state index < -0.39 is 0 Å². The minimum absolute atomic E-state index is 0.188. The highest BCUT2D eigenvalue weighted by Gasteiger charge is 2.14. The zero-order chi connectivity index (χ0) is 12.8. The van der Waals surface area contributed by atoms with E-state index in [0.29, 0.717) is 5.69 Å². The van der Waals surface area contributed by atoms with Gasteiger partial charge in [0.25, 0.3) is 0 Å². The van der Waals surface area contributed by atoms with Crippen molar-refractivity contribution in [3.05, 3.63) is 30.1 Å². The van der Waals surface area contributed by atoms with Gasteiger partial charge < -0.3 is 16.0 Å². The van der Waals surface area contributed by atoms with Crippen molar-refractivity contribution in [1.29, 1.82) is 0 Å². The second-order valence-corrected chi connectivity index (χ2v) is 4.49. The molecule has 0 radical (unpaired) electrons. The lowest BCUT2D eigenvalue weighted by atomic mass is 10.1. The molecule has 1 aliphatic rings. The molecule has 0 aliphatic carbocycles. The van der Waals surface area contributed by atoms with Gasteiger partial charge in [0.2, 0.25) is 0 Å². The number of nitrogens with one attached hydrogen (secondary N) is 3. The van der Waals surface area contributed by atoms with Crippen LogP contribution in [0.1, 0.15) is 19.3 Å². The molecule has 4 nitrogen and oxygen atoms in total. The van der Waals surface area contributed by atoms with Gasteiger partial charge in [-0.05, 0) is 50.6 Å². The first-order valence-electron chi connectivity index (χ1n) is 6.28. The van der Waals surface area contributed by atoms with Crippen molar-refractivity contribution < 1.29 is 9.18 Å². The summed E-state index contributed by atoms with van der Waals surface area (Å²) in [6.07, 6.45) is 2.96. The van der Waals surface area contributed by atoms with E-state index >= 15 is 0 Å². The van der Waals surface area contributed by atoms with Crippen LogP contribution in [0.3, 0.4) is 0 Å². The zero-order valence-corrected chi connectivity index (χ0v) is 10.2. The molecule has 1 atom stereocenters. The molecule has 0 bridgehead atoms. The molecule has 2 rings (SSSR count). The quantitative estimate of drug-likeness (QED) is 0.754. The summed E-state index contributed by atoms with van der Waals surface area (Å²) in [5.74, 6) is -0.355. The average molecular weight is 251 g/mol. The van der Waals surface area contributed by atoms with Crippen LogP contribution in [0.2, 0.25) is 0 Å². The second-order valence-electron chi connectivity index (χ2n) is 4.49. The first kappa shape index (κ1) is 12.8. The van der Waals surface area contributed by atoms with E-state index in [1.54, 1.807) is 12.1 Å². The van der Waals surface area contributed by atoms with E-state index in [9.17, 15) is 9.18 Å². The monoisotopic (exact) mass is 251 g/mol. The number of rotatable bonds is 2. The SMILES string of the molecule is O=C(Nc1cccc(F)c1)NC1CCCNCC1. The molecule has 5 heteroatoms. The van der Waals surface area contributed by atoms with Crippen molar-refractivity contribution >= 4 is 11.7 Å². The number of urea groups is 1. The van der Waals surface area contributed by atoms with Gasteiger partial charge in [-0.2, -0.15) is 0 Å². The number of carbonyl (C=O) groups excluding carboxylic acids is 1. The van der Waals surface area contributed by atoms with E-state index in [1.807, 2.05) is 0 Å². The summed E-state index contributed by atoms with van der Waals surface area (Å²) in [6.45, 7) is 1.93. The lowest BCUT2D eigenvalue weighted by Crippen LogP contribution is -2.38. The van der Waals surface area contributed by atoms with E-state index in [-0.39, 0.29) is 17.9 Å². The van der Waals surface area contributed by atoms with Crippen LogP contribution < -0.4 is 16.0 Å². The van der Waals surface area contributed by atoms with Gasteiger partial charge in [0.15, 0.2) is 0 Å². The predicted molar refractivity (Wildman–Crippen MR) is 69.1 cm³/mol. The summed E-state index contributed by atoms with van der Waals surface area (Å²) in [5.41, 5.74) is 0.472. The van der Waals surface area contributed by atoms with Crippen molar-refractivity contribution in [2.75, 3.05) is 18.4 Å². The number of hydrogen-bond acceptors (Lipinski definition) is 2. The molecule has 0 spiro atoms. The van der Waals surface area contributed by atoms with Gasteiger partial charge in [-0.3, -0.25) is 0 Å². The van der Waals surface area contributed by atoms with Crippen molar-refractivity contribution in [3.63, 3.8) is 0 Å². The highest BCUT2D eigenvalue weighted by atomic mass is 19.1. The number of carbonyl (C=O) groups is 1. The Bertz CT molecular complexity index is 403. The molecule has 2 amide bonds.